The summed E-state index contributed by atoms with van der Waals surface area (Å²) in [7, 11) is 0. The molecule has 0 spiro atoms. The molecule has 1 fully saturated rings. The summed E-state index contributed by atoms with van der Waals surface area (Å²) in [6.45, 7) is 0.800. The third kappa shape index (κ3) is 1.98. The van der Waals surface area contributed by atoms with Gasteiger partial charge in [-0.1, -0.05) is 43.2 Å². The quantitative estimate of drug-likeness (QED) is 0.777. The third-order valence-corrected chi connectivity index (χ3v) is 3.45. The van der Waals surface area contributed by atoms with Gasteiger partial charge in [-0.05, 0) is 36.8 Å². The highest BCUT2D eigenvalue weighted by molar-refractivity contribution is 5.21. The first-order valence-electron chi connectivity index (χ1n) is 5.67. The van der Waals surface area contributed by atoms with E-state index in [1.807, 2.05) is 0 Å². The molecule has 1 aliphatic carbocycles. The SMILES string of the molecule is NC[C@H](c1ccccc1)C1CCCC1. The van der Waals surface area contributed by atoms with Crippen LogP contribution in [0, 0.1) is 5.92 Å². The van der Waals surface area contributed by atoms with Gasteiger partial charge in [-0.15, -0.1) is 0 Å². The largest absolute Gasteiger partial charge is 0.330 e. The predicted molar refractivity (Wildman–Crippen MR) is 60.2 cm³/mol. The van der Waals surface area contributed by atoms with Crippen LogP contribution in [0.2, 0.25) is 0 Å². The molecule has 1 aromatic rings. The molecule has 76 valence electrons. The van der Waals surface area contributed by atoms with Gasteiger partial charge >= 0.3 is 0 Å². The van der Waals surface area contributed by atoms with Crippen LogP contribution in [0.5, 0.6) is 0 Å². The van der Waals surface area contributed by atoms with Crippen LogP contribution < -0.4 is 5.73 Å². The Kier molecular flexibility index (Phi) is 3.20. The maximum Gasteiger partial charge on any atom is -0.000556 e. The summed E-state index contributed by atoms with van der Waals surface area (Å²) in [5.41, 5.74) is 7.32. The molecule has 0 aromatic heterocycles. The van der Waals surface area contributed by atoms with Gasteiger partial charge in [-0.25, -0.2) is 0 Å². The van der Waals surface area contributed by atoms with Gasteiger partial charge in [0.2, 0.25) is 0 Å². The first kappa shape index (κ1) is 9.72. The van der Waals surface area contributed by atoms with Crippen molar-refractivity contribution in [3.05, 3.63) is 35.9 Å². The fourth-order valence-electron chi connectivity index (χ4n) is 2.66. The average molecular weight is 189 g/mol. The Hall–Kier alpha value is -0.820. The molecule has 0 amide bonds. The molecule has 0 saturated heterocycles. The van der Waals surface area contributed by atoms with E-state index in [1.165, 1.54) is 31.2 Å². The zero-order valence-corrected chi connectivity index (χ0v) is 8.65. The molecule has 0 unspecified atom stereocenters. The molecular formula is C13H19N. The molecule has 1 atom stereocenters. The van der Waals surface area contributed by atoms with Crippen molar-refractivity contribution in [1.29, 1.82) is 0 Å². The molecule has 0 bridgehead atoms. The van der Waals surface area contributed by atoms with Crippen molar-refractivity contribution < 1.29 is 0 Å². The minimum absolute atomic E-state index is 0.596. The summed E-state index contributed by atoms with van der Waals surface area (Å²) in [5, 5.41) is 0. The number of nitrogens with two attached hydrogens (primary N) is 1. The second-order valence-electron chi connectivity index (χ2n) is 4.30. The standard InChI is InChI=1S/C13H19N/c14-10-13(12-8-4-5-9-12)11-6-2-1-3-7-11/h1-3,6-7,12-13H,4-5,8-10,14H2/t13-/m1/s1. The number of benzene rings is 1. The van der Waals surface area contributed by atoms with Gasteiger partial charge in [0.05, 0.1) is 0 Å². The molecule has 1 saturated carbocycles. The number of hydrogen-bond acceptors (Lipinski definition) is 1. The Balaban J connectivity index is 2.12. The van der Waals surface area contributed by atoms with Crippen LogP contribution in [0.15, 0.2) is 30.3 Å². The van der Waals surface area contributed by atoms with E-state index in [1.54, 1.807) is 0 Å². The van der Waals surface area contributed by atoms with Gasteiger partial charge in [0.1, 0.15) is 0 Å². The fraction of sp³-hybridized carbons (Fsp3) is 0.538. The van der Waals surface area contributed by atoms with E-state index >= 15 is 0 Å². The first-order valence-corrected chi connectivity index (χ1v) is 5.67. The van der Waals surface area contributed by atoms with Crippen LogP contribution in [0.1, 0.15) is 37.2 Å². The van der Waals surface area contributed by atoms with Crippen molar-refractivity contribution in [3.63, 3.8) is 0 Å². The van der Waals surface area contributed by atoms with Crippen LogP contribution in [-0.4, -0.2) is 6.54 Å². The van der Waals surface area contributed by atoms with E-state index < -0.39 is 0 Å². The second kappa shape index (κ2) is 4.61. The van der Waals surface area contributed by atoms with Crippen LogP contribution in [0.3, 0.4) is 0 Å². The normalized spacial score (nSPS) is 19.8. The van der Waals surface area contributed by atoms with E-state index in [4.69, 9.17) is 5.73 Å². The summed E-state index contributed by atoms with van der Waals surface area (Å²) >= 11 is 0. The molecule has 2 N–H and O–H groups in total. The first-order chi connectivity index (χ1) is 6.92. The van der Waals surface area contributed by atoms with Gasteiger partial charge in [-0.3, -0.25) is 0 Å². The van der Waals surface area contributed by atoms with Gasteiger partial charge in [0.25, 0.3) is 0 Å². The van der Waals surface area contributed by atoms with E-state index in [2.05, 4.69) is 30.3 Å². The second-order valence-corrected chi connectivity index (χ2v) is 4.30. The molecule has 2 rings (SSSR count). The van der Waals surface area contributed by atoms with Crippen LogP contribution >= 0.6 is 0 Å². The van der Waals surface area contributed by atoms with E-state index in [0.29, 0.717) is 5.92 Å². The monoisotopic (exact) mass is 189 g/mol. The lowest BCUT2D eigenvalue weighted by atomic mass is 9.85. The van der Waals surface area contributed by atoms with Crippen LogP contribution in [-0.2, 0) is 0 Å². The summed E-state index contributed by atoms with van der Waals surface area (Å²) in [5.74, 6) is 1.43. The molecule has 0 heterocycles. The van der Waals surface area contributed by atoms with Crippen molar-refractivity contribution >= 4 is 0 Å². The molecule has 1 heteroatoms. The van der Waals surface area contributed by atoms with Crippen molar-refractivity contribution in [2.75, 3.05) is 6.54 Å². The molecular weight excluding hydrogens is 170 g/mol. The van der Waals surface area contributed by atoms with Crippen molar-refractivity contribution in [2.24, 2.45) is 11.7 Å². The Morgan fingerprint density at radius 2 is 1.79 bits per heavy atom. The minimum atomic E-state index is 0.596. The van der Waals surface area contributed by atoms with Gasteiger partial charge in [0, 0.05) is 0 Å². The molecule has 1 aromatic carbocycles. The summed E-state index contributed by atoms with van der Waals surface area (Å²) in [6, 6.07) is 10.7. The Bertz CT molecular complexity index is 262. The molecule has 0 aliphatic heterocycles. The highest BCUT2D eigenvalue weighted by Crippen LogP contribution is 2.36. The summed E-state index contributed by atoms with van der Waals surface area (Å²) < 4.78 is 0. The zero-order valence-electron chi connectivity index (χ0n) is 8.65. The molecule has 1 aliphatic rings. The van der Waals surface area contributed by atoms with Crippen molar-refractivity contribution in [3.8, 4) is 0 Å². The fourth-order valence-corrected chi connectivity index (χ4v) is 2.66. The van der Waals surface area contributed by atoms with Crippen LogP contribution in [0.25, 0.3) is 0 Å². The summed E-state index contributed by atoms with van der Waals surface area (Å²) in [6.07, 6.45) is 5.54. The molecule has 14 heavy (non-hydrogen) atoms. The van der Waals surface area contributed by atoms with Gasteiger partial charge < -0.3 is 5.73 Å². The van der Waals surface area contributed by atoms with Gasteiger partial charge in [0.15, 0.2) is 0 Å². The highest BCUT2D eigenvalue weighted by Gasteiger charge is 2.24. The Labute approximate surface area is 86.3 Å². The maximum atomic E-state index is 5.88. The number of hydrogen-bond donors (Lipinski definition) is 1. The Morgan fingerprint density at radius 3 is 2.36 bits per heavy atom. The molecule has 1 nitrogen and oxygen atoms in total. The zero-order chi connectivity index (χ0) is 9.80. The average Bonchev–Trinajstić information content (AvgIpc) is 2.74. The Morgan fingerprint density at radius 1 is 1.14 bits per heavy atom. The third-order valence-electron chi connectivity index (χ3n) is 3.45. The lowest BCUT2D eigenvalue weighted by Crippen LogP contribution is -2.19. The van der Waals surface area contributed by atoms with E-state index in [-0.39, 0.29) is 0 Å². The van der Waals surface area contributed by atoms with Crippen molar-refractivity contribution in [1.82, 2.24) is 0 Å². The predicted octanol–water partition coefficient (Wildman–Crippen LogP) is 2.92. The minimum Gasteiger partial charge on any atom is -0.330 e. The lowest BCUT2D eigenvalue weighted by Gasteiger charge is -2.22. The van der Waals surface area contributed by atoms with E-state index in [0.717, 1.165) is 12.5 Å². The maximum absolute atomic E-state index is 5.88. The smallest absolute Gasteiger partial charge is 0.000556 e. The van der Waals surface area contributed by atoms with Gasteiger partial charge in [-0.2, -0.15) is 0 Å². The lowest BCUT2D eigenvalue weighted by molar-refractivity contribution is 0.440. The number of rotatable bonds is 3. The topological polar surface area (TPSA) is 26.0 Å². The van der Waals surface area contributed by atoms with Crippen LogP contribution in [0.4, 0.5) is 0 Å². The highest BCUT2D eigenvalue weighted by atomic mass is 14.6. The van der Waals surface area contributed by atoms with E-state index in [9.17, 15) is 0 Å². The van der Waals surface area contributed by atoms with Crippen molar-refractivity contribution in [2.45, 2.75) is 31.6 Å². The summed E-state index contributed by atoms with van der Waals surface area (Å²) in [4.78, 5) is 0. The molecule has 0 radical (unpaired) electrons.